The topological polar surface area (TPSA) is 89.0 Å². The summed E-state index contributed by atoms with van der Waals surface area (Å²) in [6.45, 7) is 1.64. The number of aryl methyl sites for hydroxylation is 1. The average molecular weight is 478 g/mol. The van der Waals surface area contributed by atoms with E-state index >= 15 is 0 Å². The van der Waals surface area contributed by atoms with Gasteiger partial charge in [-0.1, -0.05) is 6.07 Å². The maximum atomic E-state index is 8.18. The first-order chi connectivity index (χ1) is 17.7. The van der Waals surface area contributed by atoms with Crippen LogP contribution in [0.5, 0.6) is 5.75 Å². The zero-order valence-electron chi connectivity index (χ0n) is 19.8. The molecule has 5 rings (SSSR count). The largest absolute Gasteiger partial charge is 0.494 e. The second kappa shape index (κ2) is 11.2. The van der Waals surface area contributed by atoms with Crippen molar-refractivity contribution in [1.82, 2.24) is 14.5 Å². The summed E-state index contributed by atoms with van der Waals surface area (Å²) in [5.41, 5.74) is 3.38. The number of nitrogens with zero attached hydrogens (tertiary/aromatic N) is 3. The number of pyridine rings is 1. The van der Waals surface area contributed by atoms with Gasteiger partial charge in [-0.2, -0.15) is 0 Å². The van der Waals surface area contributed by atoms with Gasteiger partial charge in [0.2, 0.25) is 0 Å². The molecule has 0 spiro atoms. The molecule has 0 aliphatic rings. The first kappa shape index (κ1) is 23.1. The SMILES string of the molecule is N=C(Nc1ccc(-c2ccc(-c3ccc(OCCCCn4ccnc4)cc3)o2)cc1)c1ccccn1. The number of rotatable bonds is 10. The highest BCUT2D eigenvalue weighted by molar-refractivity contribution is 6.04. The highest BCUT2D eigenvalue weighted by atomic mass is 16.5. The molecule has 36 heavy (non-hydrogen) atoms. The maximum Gasteiger partial charge on any atom is 0.148 e. The number of hydrogen-bond donors (Lipinski definition) is 2. The van der Waals surface area contributed by atoms with Crippen molar-refractivity contribution in [2.45, 2.75) is 19.4 Å². The Balaban J connectivity index is 1.13. The van der Waals surface area contributed by atoms with Gasteiger partial charge in [-0.3, -0.25) is 10.4 Å². The summed E-state index contributed by atoms with van der Waals surface area (Å²) >= 11 is 0. The first-order valence-corrected chi connectivity index (χ1v) is 11.9. The van der Waals surface area contributed by atoms with Gasteiger partial charge in [0.05, 0.1) is 12.9 Å². The Morgan fingerprint density at radius 1 is 0.861 bits per heavy atom. The molecular weight excluding hydrogens is 450 g/mol. The van der Waals surface area contributed by atoms with Gasteiger partial charge in [-0.05, 0) is 85.6 Å². The molecule has 0 aliphatic heterocycles. The van der Waals surface area contributed by atoms with Crippen LogP contribution in [-0.4, -0.2) is 27.0 Å². The third kappa shape index (κ3) is 5.88. The van der Waals surface area contributed by atoms with E-state index in [9.17, 15) is 0 Å². The summed E-state index contributed by atoms with van der Waals surface area (Å²) in [5, 5.41) is 11.3. The summed E-state index contributed by atoms with van der Waals surface area (Å²) in [4.78, 5) is 8.25. The minimum absolute atomic E-state index is 0.255. The quantitative estimate of drug-likeness (QED) is 0.136. The van der Waals surface area contributed by atoms with E-state index in [1.54, 1.807) is 18.5 Å². The fourth-order valence-corrected chi connectivity index (χ4v) is 3.81. The molecule has 0 fully saturated rings. The Bertz CT molecular complexity index is 1380. The van der Waals surface area contributed by atoms with Crippen LogP contribution < -0.4 is 10.1 Å². The number of furan rings is 1. The summed E-state index contributed by atoms with van der Waals surface area (Å²) in [6, 6.07) is 25.2. The van der Waals surface area contributed by atoms with E-state index in [1.165, 1.54) is 0 Å². The Labute approximate surface area is 209 Å². The summed E-state index contributed by atoms with van der Waals surface area (Å²) in [5.74, 6) is 2.70. The molecule has 2 N–H and O–H groups in total. The molecule has 0 amide bonds. The molecular formula is C29H27N5O2. The fourth-order valence-electron chi connectivity index (χ4n) is 3.81. The third-order valence-electron chi connectivity index (χ3n) is 5.74. The molecule has 180 valence electrons. The van der Waals surface area contributed by atoms with Crippen molar-refractivity contribution in [2.75, 3.05) is 11.9 Å². The summed E-state index contributed by atoms with van der Waals surface area (Å²) in [6.07, 6.45) is 9.32. The molecule has 3 heterocycles. The third-order valence-corrected chi connectivity index (χ3v) is 5.74. The zero-order valence-corrected chi connectivity index (χ0v) is 19.8. The Kier molecular flexibility index (Phi) is 7.18. The predicted octanol–water partition coefficient (Wildman–Crippen LogP) is 6.50. The molecule has 0 saturated carbocycles. The minimum Gasteiger partial charge on any atom is -0.494 e. The highest BCUT2D eigenvalue weighted by Crippen LogP contribution is 2.30. The van der Waals surface area contributed by atoms with E-state index in [0.717, 1.165) is 53.5 Å². The van der Waals surface area contributed by atoms with Gasteiger partial charge in [0.1, 0.15) is 28.8 Å². The number of imidazole rings is 1. The Hall–Kier alpha value is -4.65. The number of benzene rings is 2. The van der Waals surface area contributed by atoms with Crippen LogP contribution >= 0.6 is 0 Å². The Morgan fingerprint density at radius 3 is 2.28 bits per heavy atom. The molecule has 0 aliphatic carbocycles. The minimum atomic E-state index is 0.255. The number of ether oxygens (including phenoxy) is 1. The van der Waals surface area contributed by atoms with E-state index in [1.807, 2.05) is 85.3 Å². The van der Waals surface area contributed by atoms with Crippen molar-refractivity contribution in [1.29, 1.82) is 5.41 Å². The zero-order chi connectivity index (χ0) is 24.6. The highest BCUT2D eigenvalue weighted by Gasteiger charge is 2.08. The van der Waals surface area contributed by atoms with Crippen molar-refractivity contribution in [3.8, 4) is 28.4 Å². The summed E-state index contributed by atoms with van der Waals surface area (Å²) < 4.78 is 14.1. The number of hydrogen-bond acceptors (Lipinski definition) is 5. The van der Waals surface area contributed by atoms with Crippen LogP contribution in [0.25, 0.3) is 22.6 Å². The van der Waals surface area contributed by atoms with Crippen molar-refractivity contribution >= 4 is 11.5 Å². The van der Waals surface area contributed by atoms with Gasteiger partial charge in [-0.15, -0.1) is 0 Å². The predicted molar refractivity (Wildman–Crippen MR) is 141 cm³/mol. The van der Waals surface area contributed by atoms with Gasteiger partial charge in [0, 0.05) is 41.9 Å². The van der Waals surface area contributed by atoms with Crippen molar-refractivity contribution in [3.63, 3.8) is 0 Å². The van der Waals surface area contributed by atoms with Crippen LogP contribution in [-0.2, 0) is 6.54 Å². The van der Waals surface area contributed by atoms with Gasteiger partial charge in [0.25, 0.3) is 0 Å². The van der Waals surface area contributed by atoms with Crippen molar-refractivity contribution in [2.24, 2.45) is 0 Å². The lowest BCUT2D eigenvalue weighted by molar-refractivity contribution is 0.303. The van der Waals surface area contributed by atoms with E-state index in [4.69, 9.17) is 14.6 Å². The van der Waals surface area contributed by atoms with E-state index in [-0.39, 0.29) is 5.84 Å². The van der Waals surface area contributed by atoms with Crippen LogP contribution in [0, 0.1) is 5.41 Å². The van der Waals surface area contributed by atoms with E-state index < -0.39 is 0 Å². The number of nitrogens with one attached hydrogen (secondary N) is 2. The molecule has 0 saturated heterocycles. The normalized spacial score (nSPS) is 10.8. The van der Waals surface area contributed by atoms with Gasteiger partial charge in [-0.25, -0.2) is 4.98 Å². The lowest BCUT2D eigenvalue weighted by atomic mass is 10.1. The molecule has 0 bridgehead atoms. The van der Waals surface area contributed by atoms with Gasteiger partial charge >= 0.3 is 0 Å². The second-order valence-corrected chi connectivity index (χ2v) is 8.34. The lowest BCUT2D eigenvalue weighted by Crippen LogP contribution is -2.13. The molecule has 0 unspecified atom stereocenters. The monoisotopic (exact) mass is 477 g/mol. The lowest BCUT2D eigenvalue weighted by Gasteiger charge is -2.08. The second-order valence-electron chi connectivity index (χ2n) is 8.34. The number of anilines is 1. The molecule has 0 radical (unpaired) electrons. The Morgan fingerprint density at radius 2 is 1.61 bits per heavy atom. The van der Waals surface area contributed by atoms with Gasteiger partial charge < -0.3 is 19.0 Å². The van der Waals surface area contributed by atoms with Crippen molar-refractivity contribution in [3.05, 3.63) is 109 Å². The standard InChI is InChI=1S/C29H27N5O2/c30-29(26-5-1-2-16-32-26)33-24-10-6-22(7-11-24)27-14-15-28(36-27)23-8-12-25(13-9-23)35-20-4-3-18-34-19-17-31-21-34/h1-2,5-17,19,21H,3-4,18,20H2,(H2,30,33). The van der Waals surface area contributed by atoms with Crippen LogP contribution in [0.4, 0.5) is 5.69 Å². The van der Waals surface area contributed by atoms with E-state index in [2.05, 4.69) is 19.9 Å². The number of amidine groups is 1. The molecule has 3 aromatic heterocycles. The van der Waals surface area contributed by atoms with E-state index in [0.29, 0.717) is 12.3 Å². The van der Waals surface area contributed by atoms with Crippen molar-refractivity contribution < 1.29 is 9.15 Å². The van der Waals surface area contributed by atoms with Crippen LogP contribution in [0.1, 0.15) is 18.5 Å². The fraction of sp³-hybridized carbons (Fsp3) is 0.138. The van der Waals surface area contributed by atoms with Crippen LogP contribution in [0.2, 0.25) is 0 Å². The molecule has 7 nitrogen and oxygen atoms in total. The molecule has 7 heteroatoms. The number of unbranched alkanes of at least 4 members (excludes halogenated alkanes) is 1. The first-order valence-electron chi connectivity index (χ1n) is 11.9. The van der Waals surface area contributed by atoms with Crippen LogP contribution in [0.3, 0.4) is 0 Å². The average Bonchev–Trinajstić information content (AvgIpc) is 3.63. The molecule has 5 aromatic rings. The maximum absolute atomic E-state index is 8.18. The smallest absolute Gasteiger partial charge is 0.148 e. The number of aromatic nitrogens is 3. The molecule has 0 atom stereocenters. The molecule has 2 aromatic carbocycles. The van der Waals surface area contributed by atoms with Gasteiger partial charge in [0.15, 0.2) is 0 Å². The van der Waals surface area contributed by atoms with Crippen LogP contribution in [0.15, 0.2) is 108 Å². The summed E-state index contributed by atoms with van der Waals surface area (Å²) in [7, 11) is 0.